The molecule has 2 aromatic rings. The molecule has 1 aromatic heterocycles. The Labute approximate surface area is 128 Å². The number of carbonyl (C=O) groups is 1. The van der Waals surface area contributed by atoms with Gasteiger partial charge in [-0.15, -0.1) is 0 Å². The average Bonchev–Trinajstić information content (AvgIpc) is 2.54. The molecule has 1 aliphatic heterocycles. The van der Waals surface area contributed by atoms with Crippen LogP contribution in [0.5, 0.6) is 6.01 Å². The molecule has 0 saturated heterocycles. The van der Waals surface area contributed by atoms with E-state index in [0.717, 1.165) is 36.3 Å². The quantitative estimate of drug-likeness (QED) is 0.932. The fourth-order valence-electron chi connectivity index (χ4n) is 2.82. The second-order valence-corrected chi connectivity index (χ2v) is 5.17. The Morgan fingerprint density at radius 3 is 3.05 bits per heavy atom. The van der Waals surface area contributed by atoms with Crippen LogP contribution in [0.2, 0.25) is 0 Å². The van der Waals surface area contributed by atoms with Crippen LogP contribution in [0.4, 0.5) is 5.69 Å². The molecule has 3 rings (SSSR count). The second kappa shape index (κ2) is 6.01. The van der Waals surface area contributed by atoms with Gasteiger partial charge >= 0.3 is 12.0 Å². The van der Waals surface area contributed by atoms with Crippen molar-refractivity contribution in [2.75, 3.05) is 18.6 Å². The highest BCUT2D eigenvalue weighted by atomic mass is 16.5. The van der Waals surface area contributed by atoms with E-state index in [4.69, 9.17) is 4.74 Å². The summed E-state index contributed by atoms with van der Waals surface area (Å²) >= 11 is 0. The number of hydrogen-bond acceptors (Lipinski definition) is 5. The van der Waals surface area contributed by atoms with Crippen molar-refractivity contribution < 1.29 is 14.6 Å². The van der Waals surface area contributed by atoms with Crippen LogP contribution >= 0.6 is 0 Å². The zero-order valence-electron chi connectivity index (χ0n) is 12.3. The number of carboxylic acid groups (broad SMARTS) is 1. The van der Waals surface area contributed by atoms with Crippen molar-refractivity contribution >= 4 is 11.7 Å². The van der Waals surface area contributed by atoms with Crippen molar-refractivity contribution in [3.63, 3.8) is 0 Å². The molecule has 6 nitrogen and oxygen atoms in total. The molecule has 0 radical (unpaired) electrons. The molecule has 0 spiro atoms. The van der Waals surface area contributed by atoms with Crippen LogP contribution in [0.15, 0.2) is 30.5 Å². The smallest absolute Gasteiger partial charge is 0.336 e. The maximum Gasteiger partial charge on any atom is 0.336 e. The summed E-state index contributed by atoms with van der Waals surface area (Å²) < 4.78 is 5.05. The lowest BCUT2D eigenvalue weighted by molar-refractivity contribution is 0.0695. The van der Waals surface area contributed by atoms with E-state index in [-0.39, 0.29) is 0 Å². The van der Waals surface area contributed by atoms with Gasteiger partial charge in [0.05, 0.1) is 24.9 Å². The summed E-state index contributed by atoms with van der Waals surface area (Å²) in [6, 6.07) is 7.62. The molecule has 0 amide bonds. The van der Waals surface area contributed by atoms with Gasteiger partial charge in [-0.2, -0.15) is 4.98 Å². The zero-order chi connectivity index (χ0) is 15.5. The second-order valence-electron chi connectivity index (χ2n) is 5.17. The maximum absolute atomic E-state index is 11.4. The van der Waals surface area contributed by atoms with Crippen molar-refractivity contribution in [1.29, 1.82) is 0 Å². The minimum absolute atomic E-state index is 0.342. The highest BCUT2D eigenvalue weighted by molar-refractivity contribution is 5.91. The van der Waals surface area contributed by atoms with E-state index in [2.05, 4.69) is 14.9 Å². The van der Waals surface area contributed by atoms with Crippen LogP contribution < -0.4 is 9.64 Å². The first-order valence-corrected chi connectivity index (χ1v) is 7.15. The number of fused-ring (bicyclic) bond motifs is 1. The minimum atomic E-state index is -0.873. The summed E-state index contributed by atoms with van der Waals surface area (Å²) in [5.41, 5.74) is 3.12. The number of carboxylic acids is 1. The number of aromatic carboxylic acids is 1. The zero-order valence-corrected chi connectivity index (χ0v) is 12.3. The molecule has 2 heterocycles. The summed E-state index contributed by atoms with van der Waals surface area (Å²) in [7, 11) is 1.54. The molecule has 1 aromatic carbocycles. The van der Waals surface area contributed by atoms with E-state index >= 15 is 0 Å². The highest BCUT2D eigenvalue weighted by Gasteiger charge is 2.22. The van der Waals surface area contributed by atoms with Crippen LogP contribution in [-0.4, -0.2) is 34.7 Å². The first-order chi connectivity index (χ1) is 10.7. The van der Waals surface area contributed by atoms with Crippen LogP contribution in [0.1, 0.15) is 28.0 Å². The third-order valence-electron chi connectivity index (χ3n) is 3.80. The fourth-order valence-corrected chi connectivity index (χ4v) is 2.82. The number of ether oxygens (including phenoxy) is 1. The predicted molar refractivity (Wildman–Crippen MR) is 81.4 cm³/mol. The topological polar surface area (TPSA) is 75.5 Å². The molecule has 1 aliphatic rings. The molecular formula is C16H17N3O3. The van der Waals surface area contributed by atoms with Gasteiger partial charge in [0.1, 0.15) is 0 Å². The predicted octanol–water partition coefficient (Wildman–Crippen LogP) is 2.14. The number of rotatable bonds is 4. The van der Waals surface area contributed by atoms with Gasteiger partial charge in [-0.3, -0.25) is 0 Å². The molecule has 22 heavy (non-hydrogen) atoms. The maximum atomic E-state index is 11.4. The Balaban J connectivity index is 1.91. The molecule has 6 heteroatoms. The summed E-state index contributed by atoms with van der Waals surface area (Å²) in [4.78, 5) is 21.9. The van der Waals surface area contributed by atoms with Crippen molar-refractivity contribution in [2.24, 2.45) is 0 Å². The highest BCUT2D eigenvalue weighted by Crippen LogP contribution is 2.30. The van der Waals surface area contributed by atoms with Gasteiger partial charge in [-0.05, 0) is 36.6 Å². The van der Waals surface area contributed by atoms with Crippen LogP contribution in [-0.2, 0) is 13.0 Å². The van der Waals surface area contributed by atoms with Gasteiger partial charge in [0, 0.05) is 18.4 Å². The Hall–Kier alpha value is -2.63. The lowest BCUT2D eigenvalue weighted by Crippen LogP contribution is -2.30. The number of aromatic nitrogens is 2. The first-order valence-electron chi connectivity index (χ1n) is 7.15. The van der Waals surface area contributed by atoms with Crippen molar-refractivity contribution in [2.45, 2.75) is 19.4 Å². The number of hydrogen-bond donors (Lipinski definition) is 1. The van der Waals surface area contributed by atoms with Gasteiger partial charge in [-0.25, -0.2) is 9.78 Å². The summed E-state index contributed by atoms with van der Waals surface area (Å²) in [5, 5.41) is 9.33. The molecule has 114 valence electrons. The minimum Gasteiger partial charge on any atom is -0.478 e. The summed E-state index contributed by atoms with van der Waals surface area (Å²) in [6.45, 7) is 1.48. The monoisotopic (exact) mass is 299 g/mol. The molecule has 0 unspecified atom stereocenters. The third-order valence-corrected chi connectivity index (χ3v) is 3.80. The van der Waals surface area contributed by atoms with Crippen LogP contribution in [0.3, 0.4) is 0 Å². The lowest BCUT2D eigenvalue weighted by Gasteiger charge is -2.31. The van der Waals surface area contributed by atoms with Crippen molar-refractivity contribution in [1.82, 2.24) is 9.97 Å². The van der Waals surface area contributed by atoms with Gasteiger partial charge in [0.15, 0.2) is 0 Å². The van der Waals surface area contributed by atoms with E-state index in [1.165, 1.54) is 7.11 Å². The SMILES string of the molecule is COc1nccc(CN2CCCc3c(C(=O)O)cccc32)n1. The summed E-state index contributed by atoms with van der Waals surface area (Å²) in [6.07, 6.45) is 3.39. The fraction of sp³-hybridized carbons (Fsp3) is 0.312. The number of anilines is 1. The van der Waals surface area contributed by atoms with Gasteiger partial charge < -0.3 is 14.7 Å². The Kier molecular flexibility index (Phi) is 3.91. The molecule has 0 aliphatic carbocycles. The number of nitrogens with zero attached hydrogens (tertiary/aromatic N) is 3. The third kappa shape index (κ3) is 2.72. The standard InChI is InChI=1S/C16H17N3O3/c1-22-16-17-8-7-11(18-16)10-19-9-3-5-12-13(15(20)21)4-2-6-14(12)19/h2,4,6-8H,3,5,9-10H2,1H3,(H,20,21). The van der Waals surface area contributed by atoms with Crippen molar-refractivity contribution in [3.05, 3.63) is 47.3 Å². The molecule has 0 saturated carbocycles. The van der Waals surface area contributed by atoms with Crippen LogP contribution in [0, 0.1) is 0 Å². The molecule has 1 N–H and O–H groups in total. The lowest BCUT2D eigenvalue weighted by atomic mass is 9.96. The van der Waals surface area contributed by atoms with E-state index in [9.17, 15) is 9.90 Å². The average molecular weight is 299 g/mol. The van der Waals surface area contributed by atoms with Crippen LogP contribution in [0.25, 0.3) is 0 Å². The van der Waals surface area contributed by atoms with E-state index in [0.29, 0.717) is 18.1 Å². The molecular weight excluding hydrogens is 282 g/mol. The normalized spacial score (nSPS) is 13.6. The van der Waals surface area contributed by atoms with Gasteiger partial charge in [0.25, 0.3) is 0 Å². The van der Waals surface area contributed by atoms with E-state index < -0.39 is 5.97 Å². The summed E-state index contributed by atoms with van der Waals surface area (Å²) in [5.74, 6) is -0.873. The first kappa shape index (κ1) is 14.3. The van der Waals surface area contributed by atoms with Gasteiger partial charge in [-0.1, -0.05) is 6.07 Å². The van der Waals surface area contributed by atoms with Gasteiger partial charge in [0.2, 0.25) is 0 Å². The van der Waals surface area contributed by atoms with Crippen molar-refractivity contribution in [3.8, 4) is 6.01 Å². The van der Waals surface area contributed by atoms with E-state index in [1.807, 2.05) is 12.1 Å². The molecule has 0 atom stereocenters. The molecule has 0 fully saturated rings. The molecule has 0 bridgehead atoms. The Morgan fingerprint density at radius 1 is 1.41 bits per heavy atom. The Bertz CT molecular complexity index is 703. The number of methoxy groups -OCH3 is 1. The largest absolute Gasteiger partial charge is 0.478 e. The van der Waals surface area contributed by atoms with E-state index in [1.54, 1.807) is 18.3 Å². The number of benzene rings is 1. The Morgan fingerprint density at radius 2 is 2.27 bits per heavy atom.